The average molecular weight is 156 g/mol. The van der Waals surface area contributed by atoms with Gasteiger partial charge in [-0.3, -0.25) is 0 Å². The number of thioether (sulfide) groups is 1. The summed E-state index contributed by atoms with van der Waals surface area (Å²) >= 11 is 2.03. The Hall–Kier alpha value is -0.310. The highest BCUT2D eigenvalue weighted by atomic mass is 32.2. The highest BCUT2D eigenvalue weighted by Gasteiger charge is 2.38. The lowest BCUT2D eigenvalue weighted by atomic mass is 10.1. The summed E-state index contributed by atoms with van der Waals surface area (Å²) < 4.78 is 0. The maximum Gasteiger partial charge on any atom is 0.0918 e. The van der Waals surface area contributed by atoms with Crippen LogP contribution in [-0.2, 0) is 0 Å². The molecule has 3 atom stereocenters. The largest absolute Gasteiger partial charge is 0.367 e. The van der Waals surface area contributed by atoms with Crippen LogP contribution in [0.1, 0.15) is 6.92 Å². The Labute approximate surface area is 65.5 Å². The fraction of sp³-hybridized carbons (Fsp3) is 0.714. The van der Waals surface area contributed by atoms with Gasteiger partial charge in [0.25, 0.3) is 0 Å². The van der Waals surface area contributed by atoms with Gasteiger partial charge in [-0.1, -0.05) is 13.5 Å². The third kappa shape index (κ3) is 0.804. The van der Waals surface area contributed by atoms with Gasteiger partial charge in [-0.05, 0) is 0 Å². The molecule has 2 saturated heterocycles. The average Bonchev–Trinajstić information content (AvgIpc) is 2.35. The monoisotopic (exact) mass is 156 g/mol. The first-order chi connectivity index (χ1) is 4.77. The molecule has 0 saturated carbocycles. The van der Waals surface area contributed by atoms with Gasteiger partial charge in [0.15, 0.2) is 0 Å². The van der Waals surface area contributed by atoms with E-state index >= 15 is 0 Å². The van der Waals surface area contributed by atoms with E-state index in [0.29, 0.717) is 12.1 Å². The summed E-state index contributed by atoms with van der Waals surface area (Å²) in [6.45, 7) is 6.11. The Morgan fingerprint density at radius 3 is 3.10 bits per heavy atom. The van der Waals surface area contributed by atoms with Crippen molar-refractivity contribution in [3.8, 4) is 0 Å². The van der Waals surface area contributed by atoms with Crippen LogP contribution >= 0.6 is 11.8 Å². The number of rotatable bonds is 0. The normalized spacial score (nSPS) is 44.5. The minimum atomic E-state index is 0.623. The number of hydrogen-bond acceptors (Lipinski definition) is 3. The SMILES string of the molecule is C=C1NC2CSC(C)C2N1. The van der Waals surface area contributed by atoms with Gasteiger partial charge in [0.1, 0.15) is 0 Å². The van der Waals surface area contributed by atoms with Crippen LogP contribution in [0.2, 0.25) is 0 Å². The minimum Gasteiger partial charge on any atom is -0.367 e. The molecule has 0 spiro atoms. The molecule has 2 aliphatic heterocycles. The minimum absolute atomic E-state index is 0.623. The number of hydrogen-bond donors (Lipinski definition) is 2. The van der Waals surface area contributed by atoms with Crippen LogP contribution in [-0.4, -0.2) is 23.1 Å². The molecule has 2 N–H and O–H groups in total. The predicted octanol–water partition coefficient (Wildman–Crippen LogP) is 0.523. The molecule has 0 radical (unpaired) electrons. The first-order valence-corrected chi connectivity index (χ1v) is 4.66. The molecule has 3 heteroatoms. The second kappa shape index (κ2) is 2.09. The fourth-order valence-electron chi connectivity index (χ4n) is 1.61. The van der Waals surface area contributed by atoms with E-state index in [1.54, 1.807) is 0 Å². The van der Waals surface area contributed by atoms with Crippen molar-refractivity contribution in [3.63, 3.8) is 0 Å². The lowest BCUT2D eigenvalue weighted by molar-refractivity contribution is 0.569. The number of fused-ring (bicyclic) bond motifs is 1. The van der Waals surface area contributed by atoms with Gasteiger partial charge in [0.2, 0.25) is 0 Å². The number of nitrogens with one attached hydrogen (secondary N) is 2. The molecule has 2 fully saturated rings. The Kier molecular flexibility index (Phi) is 1.34. The van der Waals surface area contributed by atoms with Crippen LogP contribution in [0.5, 0.6) is 0 Å². The summed E-state index contributed by atoms with van der Waals surface area (Å²) in [5.41, 5.74) is 0. The highest BCUT2D eigenvalue weighted by molar-refractivity contribution is 8.00. The van der Waals surface area contributed by atoms with Crippen LogP contribution in [0.4, 0.5) is 0 Å². The van der Waals surface area contributed by atoms with Crippen LogP contribution in [0.15, 0.2) is 12.4 Å². The molecular formula is C7H12N2S. The summed E-state index contributed by atoms with van der Waals surface area (Å²) in [7, 11) is 0. The molecule has 0 aromatic carbocycles. The van der Waals surface area contributed by atoms with E-state index in [1.807, 2.05) is 11.8 Å². The maximum absolute atomic E-state index is 3.84. The van der Waals surface area contributed by atoms with E-state index < -0.39 is 0 Å². The van der Waals surface area contributed by atoms with Gasteiger partial charge in [0.05, 0.1) is 17.9 Å². The quantitative estimate of drug-likeness (QED) is 0.535. The van der Waals surface area contributed by atoms with E-state index in [9.17, 15) is 0 Å². The summed E-state index contributed by atoms with van der Waals surface area (Å²) in [4.78, 5) is 0. The molecule has 56 valence electrons. The van der Waals surface area contributed by atoms with Gasteiger partial charge in [0, 0.05) is 11.0 Å². The Morgan fingerprint density at radius 2 is 2.40 bits per heavy atom. The van der Waals surface area contributed by atoms with Crippen molar-refractivity contribution in [1.29, 1.82) is 0 Å². The molecule has 2 heterocycles. The molecular weight excluding hydrogens is 144 g/mol. The van der Waals surface area contributed by atoms with E-state index in [0.717, 1.165) is 11.1 Å². The summed E-state index contributed by atoms with van der Waals surface area (Å²) in [6, 6.07) is 1.25. The van der Waals surface area contributed by atoms with E-state index in [-0.39, 0.29) is 0 Å². The molecule has 10 heavy (non-hydrogen) atoms. The van der Waals surface area contributed by atoms with Crippen molar-refractivity contribution in [2.75, 3.05) is 5.75 Å². The summed E-state index contributed by atoms with van der Waals surface area (Å²) in [5, 5.41) is 7.39. The third-order valence-electron chi connectivity index (χ3n) is 2.18. The Morgan fingerprint density at radius 1 is 1.60 bits per heavy atom. The van der Waals surface area contributed by atoms with Crippen LogP contribution in [0.3, 0.4) is 0 Å². The van der Waals surface area contributed by atoms with Crippen molar-refractivity contribution < 1.29 is 0 Å². The molecule has 0 aliphatic carbocycles. The molecule has 0 aromatic heterocycles. The van der Waals surface area contributed by atoms with Crippen molar-refractivity contribution in [1.82, 2.24) is 10.6 Å². The molecule has 2 rings (SSSR count). The first kappa shape index (κ1) is 6.40. The standard InChI is InChI=1S/C7H12N2S/c1-4-7-6(3-10-4)8-5(2)9-7/h4,6-9H,2-3H2,1H3. The second-order valence-corrected chi connectivity index (χ2v) is 4.35. The summed E-state index contributed by atoms with van der Waals surface area (Å²) in [5.74, 6) is 2.22. The van der Waals surface area contributed by atoms with E-state index in [2.05, 4.69) is 24.1 Å². The maximum atomic E-state index is 3.84. The van der Waals surface area contributed by atoms with Crippen molar-refractivity contribution in [2.24, 2.45) is 0 Å². The van der Waals surface area contributed by atoms with Gasteiger partial charge < -0.3 is 10.6 Å². The summed E-state index contributed by atoms with van der Waals surface area (Å²) in [6.07, 6.45) is 0. The van der Waals surface area contributed by atoms with Crippen molar-refractivity contribution >= 4 is 11.8 Å². The lowest BCUT2D eigenvalue weighted by Crippen LogP contribution is -2.35. The van der Waals surface area contributed by atoms with Crippen molar-refractivity contribution in [3.05, 3.63) is 12.4 Å². The Bertz CT molecular complexity index is 169. The smallest absolute Gasteiger partial charge is 0.0918 e. The van der Waals surface area contributed by atoms with Crippen LogP contribution in [0, 0.1) is 0 Å². The second-order valence-electron chi connectivity index (χ2n) is 2.94. The fourth-order valence-corrected chi connectivity index (χ4v) is 2.87. The molecule has 0 bridgehead atoms. The zero-order chi connectivity index (χ0) is 7.14. The zero-order valence-corrected chi connectivity index (χ0v) is 6.87. The van der Waals surface area contributed by atoms with Crippen LogP contribution < -0.4 is 10.6 Å². The van der Waals surface area contributed by atoms with Gasteiger partial charge in [-0.2, -0.15) is 11.8 Å². The van der Waals surface area contributed by atoms with Gasteiger partial charge in [-0.25, -0.2) is 0 Å². The topological polar surface area (TPSA) is 24.1 Å². The van der Waals surface area contributed by atoms with Gasteiger partial charge in [-0.15, -0.1) is 0 Å². The first-order valence-electron chi connectivity index (χ1n) is 3.61. The van der Waals surface area contributed by atoms with E-state index in [1.165, 1.54) is 5.75 Å². The molecule has 2 nitrogen and oxygen atoms in total. The molecule has 2 aliphatic rings. The van der Waals surface area contributed by atoms with Gasteiger partial charge >= 0.3 is 0 Å². The zero-order valence-electron chi connectivity index (χ0n) is 6.05. The molecule has 0 amide bonds. The lowest BCUT2D eigenvalue weighted by Gasteiger charge is -2.11. The third-order valence-corrected chi connectivity index (χ3v) is 3.55. The predicted molar refractivity (Wildman–Crippen MR) is 44.9 cm³/mol. The van der Waals surface area contributed by atoms with E-state index in [4.69, 9.17) is 0 Å². The molecule has 3 unspecified atom stereocenters. The van der Waals surface area contributed by atoms with Crippen molar-refractivity contribution in [2.45, 2.75) is 24.3 Å². The Balaban J connectivity index is 2.12. The molecule has 0 aromatic rings. The van der Waals surface area contributed by atoms with Crippen LogP contribution in [0.25, 0.3) is 0 Å². The highest BCUT2D eigenvalue weighted by Crippen LogP contribution is 2.30.